The highest BCUT2D eigenvalue weighted by Gasteiger charge is 2.26. The highest BCUT2D eigenvalue weighted by molar-refractivity contribution is 6.13. The summed E-state index contributed by atoms with van der Waals surface area (Å²) in [7, 11) is 0. The van der Waals surface area contributed by atoms with Crippen LogP contribution in [0.5, 0.6) is 0 Å². The molecule has 1 aliphatic carbocycles. The van der Waals surface area contributed by atoms with Gasteiger partial charge in [0.05, 0.1) is 23.1 Å². The monoisotopic (exact) mass is 456 g/mol. The summed E-state index contributed by atoms with van der Waals surface area (Å²) < 4.78 is 0. The van der Waals surface area contributed by atoms with Crippen molar-refractivity contribution >= 4 is 17.2 Å². The zero-order valence-electron chi connectivity index (χ0n) is 20.9. The first-order chi connectivity index (χ1) is 16.2. The lowest BCUT2D eigenvalue weighted by molar-refractivity contribution is -0.114. The number of fused-ring (bicyclic) bond motifs is 1. The van der Waals surface area contributed by atoms with Gasteiger partial charge in [0.1, 0.15) is 5.82 Å². The predicted molar refractivity (Wildman–Crippen MR) is 143 cm³/mol. The van der Waals surface area contributed by atoms with E-state index < -0.39 is 0 Å². The number of nitrogens with zero attached hydrogens (tertiary/aromatic N) is 2. The van der Waals surface area contributed by atoms with E-state index >= 15 is 0 Å². The molecule has 2 aliphatic rings. The minimum Gasteiger partial charge on any atom is -0.377 e. The third kappa shape index (κ3) is 5.30. The molecule has 1 aromatic carbocycles. The molecule has 34 heavy (non-hydrogen) atoms. The van der Waals surface area contributed by atoms with Crippen molar-refractivity contribution in [3.05, 3.63) is 102 Å². The van der Waals surface area contributed by atoms with Crippen molar-refractivity contribution in [2.75, 3.05) is 0 Å². The van der Waals surface area contributed by atoms with Gasteiger partial charge in [0, 0.05) is 24.5 Å². The third-order valence-electron chi connectivity index (χ3n) is 6.20. The zero-order chi connectivity index (χ0) is 25.0. The summed E-state index contributed by atoms with van der Waals surface area (Å²) in [5.41, 5.74) is 8.38. The molecular weight excluding hydrogens is 420 g/mol. The van der Waals surface area contributed by atoms with Crippen molar-refractivity contribution in [1.82, 2.24) is 15.5 Å². The smallest absolute Gasteiger partial charge is 0.176 e. The van der Waals surface area contributed by atoms with Crippen molar-refractivity contribution in [1.29, 1.82) is 0 Å². The minimum atomic E-state index is -0.0472. The maximum Gasteiger partial charge on any atom is 0.176 e. The second-order valence-electron chi connectivity index (χ2n) is 9.00. The number of aryl methyl sites for hydroxylation is 1. The second kappa shape index (κ2) is 10.6. The number of benzene rings is 1. The van der Waals surface area contributed by atoms with Crippen LogP contribution in [0.1, 0.15) is 69.7 Å². The molecule has 0 saturated heterocycles. The van der Waals surface area contributed by atoms with Crippen LogP contribution >= 0.6 is 0 Å². The SMILES string of the molecule is C=CN1C(C(C)=O)=CC(C(=C)N[C@H]2CCCc3cc(C(=C)NC(=C)CC)ccc32)=NC1=C(C)C. The molecule has 0 fully saturated rings. The predicted octanol–water partition coefficient (Wildman–Crippen LogP) is 6.28. The summed E-state index contributed by atoms with van der Waals surface area (Å²) in [6.45, 7) is 23.9. The Kier molecular flexibility index (Phi) is 7.77. The Hall–Kier alpha value is -3.60. The van der Waals surface area contributed by atoms with Gasteiger partial charge in [0.2, 0.25) is 0 Å². The van der Waals surface area contributed by atoms with E-state index in [9.17, 15) is 4.79 Å². The number of aliphatic imine (C=N–C) groups is 1. The van der Waals surface area contributed by atoms with E-state index in [1.54, 1.807) is 24.1 Å². The molecule has 0 amide bonds. The minimum absolute atomic E-state index is 0.0472. The summed E-state index contributed by atoms with van der Waals surface area (Å²) in [5.74, 6) is 0.656. The first-order valence-electron chi connectivity index (χ1n) is 11.8. The molecule has 5 heteroatoms. The summed E-state index contributed by atoms with van der Waals surface area (Å²) in [6, 6.07) is 6.63. The normalized spacial score (nSPS) is 17.1. The molecule has 0 saturated carbocycles. The zero-order valence-corrected chi connectivity index (χ0v) is 20.9. The first-order valence-corrected chi connectivity index (χ1v) is 11.8. The summed E-state index contributed by atoms with van der Waals surface area (Å²) in [6.07, 6.45) is 7.38. The van der Waals surface area contributed by atoms with E-state index in [0.717, 1.165) is 48.2 Å². The Bertz CT molecular complexity index is 1140. The number of ketones is 1. The first kappa shape index (κ1) is 25.0. The number of hydrogen-bond donors (Lipinski definition) is 2. The van der Waals surface area contributed by atoms with Gasteiger partial charge < -0.3 is 10.6 Å². The molecule has 0 spiro atoms. The van der Waals surface area contributed by atoms with Crippen molar-refractivity contribution in [2.45, 2.75) is 59.4 Å². The Balaban J connectivity index is 1.86. The van der Waals surface area contributed by atoms with Gasteiger partial charge in [0.25, 0.3) is 0 Å². The Morgan fingerprint density at radius 1 is 1.21 bits per heavy atom. The van der Waals surface area contributed by atoms with Crippen LogP contribution in [-0.4, -0.2) is 16.4 Å². The number of nitrogens with one attached hydrogen (secondary N) is 2. The topological polar surface area (TPSA) is 56.7 Å². The molecule has 1 atom stereocenters. The van der Waals surface area contributed by atoms with Gasteiger partial charge in [-0.05, 0) is 73.9 Å². The summed E-state index contributed by atoms with van der Waals surface area (Å²) in [5, 5.41) is 6.88. The Morgan fingerprint density at radius 2 is 1.94 bits per heavy atom. The van der Waals surface area contributed by atoms with Crippen LogP contribution < -0.4 is 10.6 Å². The van der Waals surface area contributed by atoms with Crippen LogP contribution in [0.2, 0.25) is 0 Å². The summed E-state index contributed by atoms with van der Waals surface area (Å²) in [4.78, 5) is 18.9. The van der Waals surface area contributed by atoms with Gasteiger partial charge in [-0.2, -0.15) is 0 Å². The van der Waals surface area contributed by atoms with Gasteiger partial charge >= 0.3 is 0 Å². The fourth-order valence-electron chi connectivity index (χ4n) is 4.29. The van der Waals surface area contributed by atoms with E-state index in [0.29, 0.717) is 22.9 Å². The number of carbonyl (C=O) groups excluding carboxylic acids is 1. The van der Waals surface area contributed by atoms with Gasteiger partial charge in [-0.1, -0.05) is 45.4 Å². The van der Waals surface area contributed by atoms with E-state index in [-0.39, 0.29) is 11.8 Å². The lowest BCUT2D eigenvalue weighted by Gasteiger charge is -2.31. The van der Waals surface area contributed by atoms with Gasteiger partial charge in [-0.15, -0.1) is 0 Å². The fraction of sp³-hybridized carbons (Fsp3) is 0.310. The molecule has 2 N–H and O–H groups in total. The molecule has 3 rings (SSSR count). The van der Waals surface area contributed by atoms with Crippen LogP contribution in [0.3, 0.4) is 0 Å². The van der Waals surface area contributed by atoms with Crippen LogP contribution in [0.15, 0.2) is 90.3 Å². The second-order valence-corrected chi connectivity index (χ2v) is 9.00. The van der Waals surface area contributed by atoms with Gasteiger partial charge in [-0.25, -0.2) is 4.99 Å². The third-order valence-corrected chi connectivity index (χ3v) is 6.20. The number of hydrogen-bond acceptors (Lipinski definition) is 5. The molecule has 0 bridgehead atoms. The van der Waals surface area contributed by atoms with Crippen LogP contribution in [0.4, 0.5) is 0 Å². The number of rotatable bonds is 9. The van der Waals surface area contributed by atoms with Crippen molar-refractivity contribution in [3.63, 3.8) is 0 Å². The Labute approximate surface area is 204 Å². The average molecular weight is 457 g/mol. The van der Waals surface area contributed by atoms with E-state index in [2.05, 4.69) is 62.1 Å². The molecule has 1 aliphatic heterocycles. The maximum atomic E-state index is 12.3. The van der Waals surface area contributed by atoms with Gasteiger partial charge in [0.15, 0.2) is 5.78 Å². The van der Waals surface area contributed by atoms with Crippen molar-refractivity contribution in [2.24, 2.45) is 4.99 Å². The molecule has 178 valence electrons. The van der Waals surface area contributed by atoms with Crippen LogP contribution in [-0.2, 0) is 11.2 Å². The number of Topliss-reactive ketones (excluding diaryl/α,β-unsaturated/α-hetero) is 1. The van der Waals surface area contributed by atoms with Crippen LogP contribution in [0, 0.1) is 0 Å². The van der Waals surface area contributed by atoms with Gasteiger partial charge in [-0.3, -0.25) is 9.69 Å². The quantitative estimate of drug-likeness (QED) is 0.459. The highest BCUT2D eigenvalue weighted by atomic mass is 16.1. The van der Waals surface area contributed by atoms with E-state index in [1.165, 1.54) is 11.1 Å². The lowest BCUT2D eigenvalue weighted by atomic mass is 9.86. The molecular formula is C29H36N4O. The molecule has 0 radical (unpaired) electrons. The molecule has 0 unspecified atom stereocenters. The van der Waals surface area contributed by atoms with E-state index in [1.807, 2.05) is 13.8 Å². The van der Waals surface area contributed by atoms with E-state index in [4.69, 9.17) is 4.99 Å². The maximum absolute atomic E-state index is 12.3. The highest BCUT2D eigenvalue weighted by Crippen LogP contribution is 2.33. The van der Waals surface area contributed by atoms with Crippen molar-refractivity contribution < 1.29 is 4.79 Å². The molecule has 0 aromatic heterocycles. The average Bonchev–Trinajstić information content (AvgIpc) is 2.82. The van der Waals surface area contributed by atoms with Crippen LogP contribution in [0.25, 0.3) is 5.70 Å². The molecule has 1 aromatic rings. The largest absolute Gasteiger partial charge is 0.377 e. The van der Waals surface area contributed by atoms with Crippen molar-refractivity contribution in [3.8, 4) is 0 Å². The Morgan fingerprint density at radius 3 is 2.56 bits per heavy atom. The number of carbonyl (C=O) groups is 1. The lowest BCUT2D eigenvalue weighted by Crippen LogP contribution is -2.31. The molecule has 1 heterocycles. The fourth-order valence-corrected chi connectivity index (χ4v) is 4.29. The standard InChI is InChI=1S/C29H36N4O/c1-9-19(5)30-20(6)23-14-15-25-24(16-23)12-11-13-26(25)31-21(7)27-17-28(22(8)34)33(10-2)29(32-27)18(3)4/h10,14-17,26,30-31H,2,5-7,9,11-13H2,1,3-4,8H3/t26-/m0/s1. The number of allylic oxidation sites excluding steroid dienone is 4. The molecule has 5 nitrogen and oxygen atoms in total. The summed E-state index contributed by atoms with van der Waals surface area (Å²) >= 11 is 0.